The zero-order valence-corrected chi connectivity index (χ0v) is 22.5. The third-order valence-electron chi connectivity index (χ3n) is 6.79. The Morgan fingerprint density at radius 2 is 1.51 bits per heavy atom. The van der Waals surface area contributed by atoms with Crippen molar-refractivity contribution in [2.24, 2.45) is 23.2 Å². The van der Waals surface area contributed by atoms with Gasteiger partial charge in [0.15, 0.2) is 0 Å². The lowest BCUT2D eigenvalue weighted by Gasteiger charge is -2.28. The largest absolute Gasteiger partial charge is 0.354 e. The van der Waals surface area contributed by atoms with Crippen molar-refractivity contribution in [3.63, 3.8) is 0 Å². The van der Waals surface area contributed by atoms with Crippen molar-refractivity contribution < 1.29 is 14.4 Å². The number of fused-ring (bicyclic) bond motifs is 1. The molecular weight excluding hydrogens is 436 g/mol. The number of hydrogen-bond donors (Lipinski definition) is 1. The molecule has 190 valence electrons. The van der Waals surface area contributed by atoms with Crippen LogP contribution in [0.2, 0.25) is 0 Å². The van der Waals surface area contributed by atoms with Crippen LogP contribution in [0.3, 0.4) is 0 Å². The summed E-state index contributed by atoms with van der Waals surface area (Å²) in [5.41, 5.74) is 3.21. The minimum absolute atomic E-state index is 0.0290. The number of rotatable bonds is 8. The van der Waals surface area contributed by atoms with Gasteiger partial charge in [-0.25, -0.2) is 0 Å². The SMILES string of the molecule is C=C(/C=C\C(=C\C)N1C(=O)C2CCC(C(=O)NC(C)C)CC2C1=O)C(=C)/C=C\C(=C\C)C(C)(C)C. The van der Waals surface area contributed by atoms with Crippen molar-refractivity contribution >= 4 is 17.7 Å². The highest BCUT2D eigenvalue weighted by Gasteiger charge is 2.51. The molecule has 0 radical (unpaired) electrons. The summed E-state index contributed by atoms with van der Waals surface area (Å²) in [4.78, 5) is 40.2. The fourth-order valence-electron chi connectivity index (χ4n) is 4.74. The van der Waals surface area contributed by atoms with Crippen LogP contribution in [0.15, 0.2) is 72.0 Å². The van der Waals surface area contributed by atoms with E-state index in [0.29, 0.717) is 30.5 Å². The minimum Gasteiger partial charge on any atom is -0.354 e. The highest BCUT2D eigenvalue weighted by atomic mass is 16.2. The maximum atomic E-state index is 13.3. The van der Waals surface area contributed by atoms with Gasteiger partial charge in [0.1, 0.15) is 0 Å². The Balaban J connectivity index is 2.12. The molecular formula is C30H42N2O3. The fourth-order valence-corrected chi connectivity index (χ4v) is 4.74. The molecule has 0 bridgehead atoms. The number of amides is 3. The van der Waals surface area contributed by atoms with Crippen LogP contribution in [0.1, 0.15) is 67.7 Å². The number of allylic oxidation sites excluding steroid dienone is 9. The number of carbonyl (C=O) groups is 3. The van der Waals surface area contributed by atoms with E-state index >= 15 is 0 Å². The first-order valence-electron chi connectivity index (χ1n) is 12.6. The summed E-state index contributed by atoms with van der Waals surface area (Å²) in [6.07, 6.45) is 13.0. The van der Waals surface area contributed by atoms with Gasteiger partial charge in [0.2, 0.25) is 17.7 Å². The predicted molar refractivity (Wildman–Crippen MR) is 143 cm³/mol. The molecule has 0 aromatic carbocycles. The predicted octanol–water partition coefficient (Wildman–Crippen LogP) is 6.03. The average molecular weight is 479 g/mol. The van der Waals surface area contributed by atoms with Gasteiger partial charge in [-0.2, -0.15) is 0 Å². The maximum absolute atomic E-state index is 13.3. The van der Waals surface area contributed by atoms with Crippen molar-refractivity contribution in [2.45, 2.75) is 73.8 Å². The Morgan fingerprint density at radius 3 is 2.03 bits per heavy atom. The van der Waals surface area contributed by atoms with E-state index in [1.54, 1.807) is 25.2 Å². The lowest BCUT2D eigenvalue weighted by atomic mass is 9.75. The van der Waals surface area contributed by atoms with E-state index < -0.39 is 5.92 Å². The van der Waals surface area contributed by atoms with Crippen LogP contribution in [-0.2, 0) is 14.4 Å². The highest BCUT2D eigenvalue weighted by Crippen LogP contribution is 2.42. The first kappa shape index (κ1) is 28.3. The van der Waals surface area contributed by atoms with Crippen LogP contribution in [-0.4, -0.2) is 28.7 Å². The van der Waals surface area contributed by atoms with Gasteiger partial charge < -0.3 is 5.32 Å². The molecule has 1 saturated carbocycles. The molecule has 3 atom stereocenters. The molecule has 3 unspecified atom stereocenters. The molecule has 1 heterocycles. The van der Waals surface area contributed by atoms with Gasteiger partial charge in [0.25, 0.3) is 0 Å². The summed E-state index contributed by atoms with van der Waals surface area (Å²) in [5.74, 6) is -1.45. The molecule has 1 N–H and O–H groups in total. The third-order valence-corrected chi connectivity index (χ3v) is 6.79. The standard InChI is InChI=1S/C30H42N2O3/c1-10-23(30(7,8)9)15-12-20(5)21(6)13-16-24(11-2)32-28(34)25-17-14-22(18-26(25)29(32)35)27(33)31-19(3)4/h10-13,15-16,19,22,25-26H,5-6,14,17-18H2,1-4,7-9H3,(H,31,33)/b15-12-,16-13-,23-10-,24-11-. The molecule has 2 fully saturated rings. The van der Waals surface area contributed by atoms with E-state index in [1.165, 1.54) is 10.5 Å². The van der Waals surface area contributed by atoms with Gasteiger partial charge in [0.05, 0.1) is 11.8 Å². The number of likely N-dealkylation sites (tertiary alicyclic amines) is 1. The third kappa shape index (κ3) is 6.81. The number of nitrogens with one attached hydrogen (secondary N) is 1. The van der Waals surface area contributed by atoms with Crippen molar-refractivity contribution in [3.8, 4) is 0 Å². The zero-order valence-electron chi connectivity index (χ0n) is 22.5. The summed E-state index contributed by atoms with van der Waals surface area (Å²) in [7, 11) is 0. The first-order valence-corrected chi connectivity index (χ1v) is 12.6. The second-order valence-corrected chi connectivity index (χ2v) is 10.8. The summed E-state index contributed by atoms with van der Waals surface area (Å²) in [6, 6.07) is 0.0492. The van der Waals surface area contributed by atoms with Gasteiger partial charge in [-0.05, 0) is 75.2 Å². The number of imide groups is 1. The second-order valence-electron chi connectivity index (χ2n) is 10.8. The summed E-state index contributed by atoms with van der Waals surface area (Å²) < 4.78 is 0. The number of nitrogens with zero attached hydrogens (tertiary/aromatic N) is 1. The molecule has 35 heavy (non-hydrogen) atoms. The van der Waals surface area contributed by atoms with Gasteiger partial charge in [-0.3, -0.25) is 19.3 Å². The van der Waals surface area contributed by atoms with Crippen molar-refractivity contribution in [2.75, 3.05) is 0 Å². The van der Waals surface area contributed by atoms with Crippen LogP contribution in [0, 0.1) is 23.2 Å². The molecule has 1 saturated heterocycles. The monoisotopic (exact) mass is 478 g/mol. The van der Waals surface area contributed by atoms with Crippen molar-refractivity contribution in [3.05, 3.63) is 72.0 Å². The molecule has 1 aliphatic carbocycles. The van der Waals surface area contributed by atoms with Crippen LogP contribution in [0.4, 0.5) is 0 Å². The molecule has 2 aliphatic rings. The Bertz CT molecular complexity index is 1000. The maximum Gasteiger partial charge on any atom is 0.237 e. The molecule has 5 heteroatoms. The lowest BCUT2D eigenvalue weighted by molar-refractivity contribution is -0.137. The minimum atomic E-state index is -0.444. The molecule has 5 nitrogen and oxygen atoms in total. The van der Waals surface area contributed by atoms with Crippen LogP contribution >= 0.6 is 0 Å². The molecule has 0 spiro atoms. The Morgan fingerprint density at radius 1 is 0.943 bits per heavy atom. The van der Waals surface area contributed by atoms with E-state index in [1.807, 2.05) is 32.9 Å². The quantitative estimate of drug-likeness (QED) is 0.342. The van der Waals surface area contributed by atoms with E-state index in [-0.39, 0.29) is 41.0 Å². The molecule has 0 aromatic heterocycles. The van der Waals surface area contributed by atoms with Crippen LogP contribution in [0.25, 0.3) is 0 Å². The van der Waals surface area contributed by atoms with Crippen LogP contribution < -0.4 is 5.32 Å². The smallest absolute Gasteiger partial charge is 0.237 e. The van der Waals surface area contributed by atoms with Gasteiger partial charge in [-0.1, -0.05) is 64.3 Å². The summed E-state index contributed by atoms with van der Waals surface area (Å²) in [6.45, 7) is 22.3. The fraction of sp³-hybridized carbons (Fsp3) is 0.500. The zero-order chi connectivity index (χ0) is 26.5. The molecule has 0 aromatic rings. The Kier molecular flexibility index (Phi) is 9.42. The van der Waals surface area contributed by atoms with Crippen molar-refractivity contribution in [1.82, 2.24) is 10.2 Å². The van der Waals surface area contributed by atoms with Crippen molar-refractivity contribution in [1.29, 1.82) is 0 Å². The Labute approximate surface area is 211 Å². The van der Waals surface area contributed by atoms with Gasteiger partial charge in [0, 0.05) is 17.7 Å². The lowest BCUT2D eigenvalue weighted by Crippen LogP contribution is -2.40. The molecule has 2 rings (SSSR count). The van der Waals surface area contributed by atoms with Crippen LogP contribution in [0.5, 0.6) is 0 Å². The topological polar surface area (TPSA) is 66.5 Å². The van der Waals surface area contributed by atoms with Gasteiger partial charge >= 0.3 is 0 Å². The van der Waals surface area contributed by atoms with E-state index in [0.717, 1.165) is 5.57 Å². The second kappa shape index (κ2) is 11.7. The molecule has 3 amide bonds. The molecule has 1 aliphatic heterocycles. The average Bonchev–Trinajstić information content (AvgIpc) is 3.03. The Hall–Kier alpha value is -2.95. The van der Waals surface area contributed by atoms with E-state index in [2.05, 4.69) is 45.3 Å². The highest BCUT2D eigenvalue weighted by molar-refractivity contribution is 6.07. The first-order chi connectivity index (χ1) is 16.3. The summed E-state index contributed by atoms with van der Waals surface area (Å²) in [5, 5.41) is 2.94. The van der Waals surface area contributed by atoms with E-state index in [9.17, 15) is 14.4 Å². The van der Waals surface area contributed by atoms with E-state index in [4.69, 9.17) is 0 Å². The summed E-state index contributed by atoms with van der Waals surface area (Å²) >= 11 is 0. The number of hydrogen-bond acceptors (Lipinski definition) is 3. The normalized spacial score (nSPS) is 24.0. The van der Waals surface area contributed by atoms with Gasteiger partial charge in [-0.15, -0.1) is 0 Å². The number of carbonyl (C=O) groups excluding carboxylic acids is 3.